The van der Waals surface area contributed by atoms with Gasteiger partial charge < -0.3 is 10.2 Å². The lowest BCUT2D eigenvalue weighted by molar-refractivity contribution is -0.137. The molecular formula is C10H10F2O3. The molecule has 0 heterocycles. The third-order valence-electron chi connectivity index (χ3n) is 1.99. The van der Waals surface area contributed by atoms with Gasteiger partial charge >= 0.3 is 5.97 Å². The molecule has 0 unspecified atom stereocenters. The molecule has 15 heavy (non-hydrogen) atoms. The Balaban J connectivity index is 2.75. The summed E-state index contributed by atoms with van der Waals surface area (Å²) in [6, 6.07) is 1.87. The zero-order valence-corrected chi connectivity index (χ0v) is 7.83. The third-order valence-corrected chi connectivity index (χ3v) is 1.99. The smallest absolute Gasteiger partial charge is 0.303 e. The van der Waals surface area contributed by atoms with Crippen molar-refractivity contribution in [3.63, 3.8) is 0 Å². The molecule has 0 spiro atoms. The highest BCUT2D eigenvalue weighted by molar-refractivity contribution is 5.66. The lowest BCUT2D eigenvalue weighted by atomic mass is 10.1. The summed E-state index contributed by atoms with van der Waals surface area (Å²) in [6.07, 6.45) is 0.0143. The van der Waals surface area contributed by atoms with Crippen molar-refractivity contribution in [3.05, 3.63) is 29.3 Å². The van der Waals surface area contributed by atoms with E-state index in [-0.39, 0.29) is 30.6 Å². The van der Waals surface area contributed by atoms with Crippen molar-refractivity contribution in [3.8, 4) is 5.75 Å². The second-order valence-electron chi connectivity index (χ2n) is 3.11. The maximum Gasteiger partial charge on any atom is 0.303 e. The van der Waals surface area contributed by atoms with Crippen LogP contribution in [0.3, 0.4) is 0 Å². The van der Waals surface area contributed by atoms with E-state index in [1.165, 1.54) is 0 Å². The fraction of sp³-hybridized carbons (Fsp3) is 0.300. The molecule has 5 heteroatoms. The summed E-state index contributed by atoms with van der Waals surface area (Å²) in [5, 5.41) is 17.6. The molecule has 0 fully saturated rings. The van der Waals surface area contributed by atoms with Crippen LogP contribution in [0.15, 0.2) is 12.1 Å². The molecule has 2 N–H and O–H groups in total. The predicted octanol–water partition coefficient (Wildman–Crippen LogP) is 2.08. The maximum absolute atomic E-state index is 13.1. The summed E-state index contributed by atoms with van der Waals surface area (Å²) >= 11 is 0. The van der Waals surface area contributed by atoms with Crippen LogP contribution >= 0.6 is 0 Å². The van der Waals surface area contributed by atoms with Crippen LogP contribution in [0.4, 0.5) is 8.78 Å². The monoisotopic (exact) mass is 216 g/mol. The van der Waals surface area contributed by atoms with Gasteiger partial charge in [-0.25, -0.2) is 8.78 Å². The van der Waals surface area contributed by atoms with Crippen molar-refractivity contribution >= 4 is 5.97 Å². The number of hydrogen-bond donors (Lipinski definition) is 2. The molecule has 0 radical (unpaired) electrons. The van der Waals surface area contributed by atoms with Gasteiger partial charge in [0.1, 0.15) is 5.75 Å². The summed E-state index contributed by atoms with van der Waals surface area (Å²) in [4.78, 5) is 10.2. The number of hydrogen-bond acceptors (Lipinski definition) is 2. The fourth-order valence-corrected chi connectivity index (χ4v) is 1.24. The topological polar surface area (TPSA) is 57.5 Å². The summed E-state index contributed by atoms with van der Waals surface area (Å²) in [7, 11) is 0. The van der Waals surface area contributed by atoms with E-state index in [0.717, 1.165) is 12.1 Å². The van der Waals surface area contributed by atoms with E-state index in [4.69, 9.17) is 5.11 Å². The van der Waals surface area contributed by atoms with E-state index in [1.807, 2.05) is 0 Å². The van der Waals surface area contributed by atoms with Crippen LogP contribution in [0.1, 0.15) is 18.4 Å². The molecule has 0 aliphatic carbocycles. The van der Waals surface area contributed by atoms with E-state index in [0.29, 0.717) is 0 Å². The Morgan fingerprint density at radius 2 is 2.00 bits per heavy atom. The molecule has 0 bridgehead atoms. The standard InChI is InChI=1S/C10H10F2O3/c11-7-4-5-8(13)6(10(7)12)2-1-3-9(14)15/h4-5,13H,1-3H2,(H,14,15). The number of halogens is 2. The van der Waals surface area contributed by atoms with Crippen LogP contribution in [0.2, 0.25) is 0 Å². The molecule has 0 saturated heterocycles. The van der Waals surface area contributed by atoms with Gasteiger partial charge in [0.2, 0.25) is 0 Å². The summed E-state index contributed by atoms with van der Waals surface area (Å²) < 4.78 is 25.8. The van der Waals surface area contributed by atoms with E-state index < -0.39 is 17.6 Å². The first-order valence-electron chi connectivity index (χ1n) is 4.40. The molecule has 3 nitrogen and oxygen atoms in total. The van der Waals surface area contributed by atoms with E-state index in [9.17, 15) is 18.7 Å². The van der Waals surface area contributed by atoms with Crippen LogP contribution < -0.4 is 0 Å². The normalized spacial score (nSPS) is 10.3. The van der Waals surface area contributed by atoms with Crippen LogP contribution in [0.25, 0.3) is 0 Å². The Bertz CT molecular complexity index is 377. The Kier molecular flexibility index (Phi) is 3.60. The highest BCUT2D eigenvalue weighted by Gasteiger charge is 2.13. The van der Waals surface area contributed by atoms with Crippen LogP contribution in [-0.2, 0) is 11.2 Å². The molecule has 82 valence electrons. The molecule has 1 aromatic rings. The Morgan fingerprint density at radius 1 is 1.33 bits per heavy atom. The summed E-state index contributed by atoms with van der Waals surface area (Å²) in [6.45, 7) is 0. The number of carboxylic acid groups (broad SMARTS) is 1. The molecule has 0 aliphatic rings. The zero-order chi connectivity index (χ0) is 11.4. The fourth-order valence-electron chi connectivity index (χ4n) is 1.24. The van der Waals surface area contributed by atoms with Gasteiger partial charge in [0.05, 0.1) is 0 Å². The van der Waals surface area contributed by atoms with E-state index >= 15 is 0 Å². The van der Waals surface area contributed by atoms with E-state index in [2.05, 4.69) is 0 Å². The first kappa shape index (κ1) is 11.4. The largest absolute Gasteiger partial charge is 0.508 e. The van der Waals surface area contributed by atoms with Crippen LogP contribution in [0, 0.1) is 11.6 Å². The van der Waals surface area contributed by atoms with Gasteiger partial charge in [-0.1, -0.05) is 0 Å². The first-order chi connectivity index (χ1) is 7.02. The van der Waals surface area contributed by atoms with Crippen molar-refractivity contribution in [1.29, 1.82) is 0 Å². The summed E-state index contributed by atoms with van der Waals surface area (Å²) in [5.41, 5.74) is -0.170. The number of benzene rings is 1. The highest BCUT2D eigenvalue weighted by atomic mass is 19.2. The summed E-state index contributed by atoms with van der Waals surface area (Å²) in [5.74, 6) is -3.51. The van der Waals surface area contributed by atoms with Crippen molar-refractivity contribution in [2.45, 2.75) is 19.3 Å². The van der Waals surface area contributed by atoms with Crippen molar-refractivity contribution < 1.29 is 23.8 Å². The van der Waals surface area contributed by atoms with Crippen molar-refractivity contribution in [2.24, 2.45) is 0 Å². The Morgan fingerprint density at radius 3 is 2.60 bits per heavy atom. The quantitative estimate of drug-likeness (QED) is 0.810. The average molecular weight is 216 g/mol. The molecule has 0 aliphatic heterocycles. The van der Waals surface area contributed by atoms with Crippen LogP contribution in [0.5, 0.6) is 5.75 Å². The van der Waals surface area contributed by atoms with Gasteiger partial charge in [0.15, 0.2) is 11.6 Å². The number of carboxylic acids is 1. The van der Waals surface area contributed by atoms with Crippen molar-refractivity contribution in [1.82, 2.24) is 0 Å². The first-order valence-corrected chi connectivity index (χ1v) is 4.40. The Labute approximate surface area is 85.0 Å². The van der Waals surface area contributed by atoms with Gasteiger partial charge in [-0.15, -0.1) is 0 Å². The third kappa shape index (κ3) is 2.90. The molecule has 0 aromatic heterocycles. The van der Waals surface area contributed by atoms with Gasteiger partial charge in [-0.3, -0.25) is 4.79 Å². The van der Waals surface area contributed by atoms with Gasteiger partial charge in [-0.2, -0.15) is 0 Å². The van der Waals surface area contributed by atoms with Crippen LogP contribution in [-0.4, -0.2) is 16.2 Å². The Hall–Kier alpha value is -1.65. The number of phenols is 1. The average Bonchev–Trinajstić information content (AvgIpc) is 2.17. The van der Waals surface area contributed by atoms with Gasteiger partial charge in [-0.05, 0) is 25.0 Å². The van der Waals surface area contributed by atoms with E-state index in [1.54, 1.807) is 0 Å². The second-order valence-corrected chi connectivity index (χ2v) is 3.11. The molecule has 0 atom stereocenters. The van der Waals surface area contributed by atoms with Gasteiger partial charge in [0, 0.05) is 12.0 Å². The number of phenolic OH excluding ortho intramolecular Hbond substituents is 1. The lowest BCUT2D eigenvalue weighted by Gasteiger charge is -2.05. The predicted molar refractivity (Wildman–Crippen MR) is 48.6 cm³/mol. The lowest BCUT2D eigenvalue weighted by Crippen LogP contribution is -1.99. The SMILES string of the molecule is O=C(O)CCCc1c(O)ccc(F)c1F. The molecule has 0 amide bonds. The highest BCUT2D eigenvalue weighted by Crippen LogP contribution is 2.24. The molecular weight excluding hydrogens is 206 g/mol. The number of carbonyl (C=O) groups is 1. The number of aliphatic carboxylic acids is 1. The number of aromatic hydroxyl groups is 1. The second kappa shape index (κ2) is 4.72. The molecule has 0 saturated carbocycles. The minimum atomic E-state index is -1.11. The molecule has 1 aromatic carbocycles. The van der Waals surface area contributed by atoms with Gasteiger partial charge in [0.25, 0.3) is 0 Å². The number of rotatable bonds is 4. The molecule has 1 rings (SSSR count). The minimum absolute atomic E-state index is 0.00171. The minimum Gasteiger partial charge on any atom is -0.508 e. The van der Waals surface area contributed by atoms with Crippen molar-refractivity contribution in [2.75, 3.05) is 0 Å². The zero-order valence-electron chi connectivity index (χ0n) is 7.83. The maximum atomic E-state index is 13.1.